The van der Waals surface area contributed by atoms with Crippen molar-refractivity contribution in [1.82, 2.24) is 24.3 Å². The summed E-state index contributed by atoms with van der Waals surface area (Å²) in [6.07, 6.45) is 1.81. The molecule has 4 heterocycles. The molecule has 0 amide bonds. The molecule has 0 saturated heterocycles. The molecule has 4 aromatic heterocycles. The summed E-state index contributed by atoms with van der Waals surface area (Å²) in [7, 11) is 0. The molecule has 4 aromatic rings. The van der Waals surface area contributed by atoms with Crippen molar-refractivity contribution in [3.05, 3.63) is 40.9 Å². The number of rotatable bonds is 1. The lowest BCUT2D eigenvalue weighted by Gasteiger charge is -2.04. The topological polar surface area (TPSA) is 56.0 Å². The largest absolute Gasteiger partial charge is 0.272 e. The summed E-state index contributed by atoms with van der Waals surface area (Å²) in [6, 6.07) is 4.03. The minimum atomic E-state index is 0.866. The Bertz CT molecular complexity index is 982. The molecule has 0 aromatic carbocycles. The maximum absolute atomic E-state index is 4.75. The first-order chi connectivity index (χ1) is 10.1. The van der Waals surface area contributed by atoms with Gasteiger partial charge in [0.1, 0.15) is 5.82 Å². The van der Waals surface area contributed by atoms with Gasteiger partial charge in [-0.15, -0.1) is 11.3 Å². The molecule has 0 aliphatic heterocycles. The molecule has 0 aliphatic rings. The van der Waals surface area contributed by atoms with Gasteiger partial charge in [-0.3, -0.25) is 9.38 Å². The first kappa shape index (κ1) is 12.4. The van der Waals surface area contributed by atoms with Crippen molar-refractivity contribution < 1.29 is 0 Å². The van der Waals surface area contributed by atoms with E-state index in [1.165, 1.54) is 0 Å². The Balaban J connectivity index is 2.19. The maximum Gasteiger partial charge on any atom is 0.176 e. The van der Waals surface area contributed by atoms with Crippen LogP contribution in [0.1, 0.15) is 17.1 Å². The molecule has 0 aliphatic carbocycles. The Labute approximate surface area is 125 Å². The zero-order chi connectivity index (χ0) is 14.6. The number of thiazole rings is 1. The monoisotopic (exact) mass is 295 g/mol. The van der Waals surface area contributed by atoms with Gasteiger partial charge >= 0.3 is 0 Å². The second kappa shape index (κ2) is 4.33. The van der Waals surface area contributed by atoms with Crippen LogP contribution in [0, 0.1) is 20.8 Å². The molecule has 0 saturated carbocycles. The fourth-order valence-corrected chi connectivity index (χ4v) is 3.40. The summed E-state index contributed by atoms with van der Waals surface area (Å²) in [5, 5.41) is 0. The Morgan fingerprint density at radius 2 is 1.86 bits per heavy atom. The Morgan fingerprint density at radius 3 is 2.67 bits per heavy atom. The van der Waals surface area contributed by atoms with E-state index in [0.717, 1.165) is 44.5 Å². The number of fused-ring (bicyclic) bond motifs is 3. The normalized spacial score (nSPS) is 11.6. The van der Waals surface area contributed by atoms with Crippen molar-refractivity contribution in [2.24, 2.45) is 0 Å². The number of aryl methyl sites for hydroxylation is 3. The molecule has 0 fully saturated rings. The average molecular weight is 295 g/mol. The molecule has 0 radical (unpaired) electrons. The van der Waals surface area contributed by atoms with E-state index in [4.69, 9.17) is 4.98 Å². The minimum absolute atomic E-state index is 0.866. The second-order valence-electron chi connectivity index (χ2n) is 5.07. The number of nitrogens with zero attached hydrogens (tertiary/aromatic N) is 5. The average Bonchev–Trinajstić information content (AvgIpc) is 3.03. The summed E-state index contributed by atoms with van der Waals surface area (Å²) >= 11 is 1.55. The smallest absolute Gasteiger partial charge is 0.176 e. The van der Waals surface area contributed by atoms with Gasteiger partial charge in [-0.25, -0.2) is 15.0 Å². The highest BCUT2D eigenvalue weighted by atomic mass is 32.1. The molecule has 104 valence electrons. The standard InChI is InChI=1S/C15H13N5S/c1-8-6-11(4-5-16-8)13-18-9(2)12-10(3)19-15-14(20(12)13)17-7-21-15/h4-7H,1-3H3. The van der Waals surface area contributed by atoms with Crippen molar-refractivity contribution in [3.8, 4) is 11.4 Å². The molecule has 0 unspecified atom stereocenters. The van der Waals surface area contributed by atoms with Crippen LogP contribution in [0.3, 0.4) is 0 Å². The Kier molecular flexibility index (Phi) is 2.56. The van der Waals surface area contributed by atoms with Gasteiger partial charge in [0.05, 0.1) is 22.4 Å². The van der Waals surface area contributed by atoms with Crippen LogP contribution in [-0.2, 0) is 0 Å². The summed E-state index contributed by atoms with van der Waals surface area (Å²) in [5.41, 5.74) is 7.71. The van der Waals surface area contributed by atoms with E-state index < -0.39 is 0 Å². The van der Waals surface area contributed by atoms with Gasteiger partial charge in [0.15, 0.2) is 10.5 Å². The first-order valence-electron chi connectivity index (χ1n) is 6.67. The highest BCUT2D eigenvalue weighted by Crippen LogP contribution is 2.28. The summed E-state index contributed by atoms with van der Waals surface area (Å²) < 4.78 is 2.11. The van der Waals surface area contributed by atoms with E-state index in [1.807, 2.05) is 44.6 Å². The maximum atomic E-state index is 4.75. The number of hydrogen-bond acceptors (Lipinski definition) is 5. The lowest BCUT2D eigenvalue weighted by molar-refractivity contribution is 1.13. The van der Waals surface area contributed by atoms with Crippen LogP contribution in [0.15, 0.2) is 23.8 Å². The zero-order valence-corrected chi connectivity index (χ0v) is 12.8. The predicted molar refractivity (Wildman–Crippen MR) is 83.6 cm³/mol. The molecular weight excluding hydrogens is 282 g/mol. The molecule has 0 N–H and O–H groups in total. The number of pyridine rings is 1. The summed E-state index contributed by atoms with van der Waals surface area (Å²) in [5.74, 6) is 0.898. The Morgan fingerprint density at radius 1 is 1.05 bits per heavy atom. The van der Waals surface area contributed by atoms with E-state index in [1.54, 1.807) is 11.3 Å². The first-order valence-corrected chi connectivity index (χ1v) is 7.55. The fourth-order valence-electron chi connectivity index (χ4n) is 2.71. The SMILES string of the molecule is Cc1cc(-c2nc(C)c3c(C)nc4scnc4n23)ccn1. The van der Waals surface area contributed by atoms with Crippen molar-refractivity contribution in [3.63, 3.8) is 0 Å². The van der Waals surface area contributed by atoms with Crippen molar-refractivity contribution in [2.75, 3.05) is 0 Å². The quantitative estimate of drug-likeness (QED) is 0.540. The van der Waals surface area contributed by atoms with Crippen LogP contribution in [0.5, 0.6) is 0 Å². The lowest BCUT2D eigenvalue weighted by atomic mass is 10.2. The number of hydrogen-bond donors (Lipinski definition) is 0. The van der Waals surface area contributed by atoms with Gasteiger partial charge in [-0.1, -0.05) is 0 Å². The van der Waals surface area contributed by atoms with E-state index in [-0.39, 0.29) is 0 Å². The number of imidazole rings is 1. The molecule has 21 heavy (non-hydrogen) atoms. The zero-order valence-electron chi connectivity index (χ0n) is 12.0. The molecule has 4 rings (SSSR count). The third-order valence-corrected chi connectivity index (χ3v) is 4.27. The molecule has 5 nitrogen and oxygen atoms in total. The second-order valence-corrected chi connectivity index (χ2v) is 5.90. The van der Waals surface area contributed by atoms with Crippen LogP contribution in [0.25, 0.3) is 27.4 Å². The lowest BCUT2D eigenvalue weighted by Crippen LogP contribution is -1.96. The predicted octanol–water partition coefficient (Wildman–Crippen LogP) is 3.33. The van der Waals surface area contributed by atoms with Crippen LogP contribution < -0.4 is 0 Å². The highest BCUT2D eigenvalue weighted by Gasteiger charge is 2.17. The molecular formula is C15H13N5S. The molecule has 0 spiro atoms. The van der Waals surface area contributed by atoms with Gasteiger partial charge in [0.25, 0.3) is 0 Å². The summed E-state index contributed by atoms with van der Waals surface area (Å²) in [4.78, 5) is 19.1. The third-order valence-electron chi connectivity index (χ3n) is 3.56. The van der Waals surface area contributed by atoms with E-state index in [2.05, 4.69) is 19.4 Å². The molecule has 0 bridgehead atoms. The third kappa shape index (κ3) is 1.76. The van der Waals surface area contributed by atoms with Crippen molar-refractivity contribution in [2.45, 2.75) is 20.8 Å². The van der Waals surface area contributed by atoms with E-state index in [0.29, 0.717) is 0 Å². The fraction of sp³-hybridized carbons (Fsp3) is 0.200. The minimum Gasteiger partial charge on any atom is -0.272 e. The van der Waals surface area contributed by atoms with Crippen molar-refractivity contribution in [1.29, 1.82) is 0 Å². The number of aromatic nitrogens is 5. The van der Waals surface area contributed by atoms with E-state index >= 15 is 0 Å². The van der Waals surface area contributed by atoms with Crippen LogP contribution in [0.2, 0.25) is 0 Å². The van der Waals surface area contributed by atoms with E-state index in [9.17, 15) is 0 Å². The Hall–Kier alpha value is -2.34. The highest BCUT2D eigenvalue weighted by molar-refractivity contribution is 7.16. The van der Waals surface area contributed by atoms with Crippen molar-refractivity contribution >= 4 is 27.3 Å². The van der Waals surface area contributed by atoms with Crippen LogP contribution >= 0.6 is 11.3 Å². The molecule has 0 atom stereocenters. The van der Waals surface area contributed by atoms with Crippen LogP contribution in [0.4, 0.5) is 0 Å². The summed E-state index contributed by atoms with van der Waals surface area (Å²) in [6.45, 7) is 6.02. The van der Waals surface area contributed by atoms with Gasteiger partial charge in [0.2, 0.25) is 0 Å². The van der Waals surface area contributed by atoms with Gasteiger partial charge in [-0.05, 0) is 32.9 Å². The molecule has 6 heteroatoms. The van der Waals surface area contributed by atoms with Gasteiger partial charge in [-0.2, -0.15) is 0 Å². The van der Waals surface area contributed by atoms with Gasteiger partial charge < -0.3 is 0 Å². The van der Waals surface area contributed by atoms with Gasteiger partial charge in [0, 0.05) is 17.5 Å². The van der Waals surface area contributed by atoms with Crippen LogP contribution in [-0.4, -0.2) is 24.3 Å².